The van der Waals surface area contributed by atoms with E-state index in [0.29, 0.717) is 30.2 Å². The van der Waals surface area contributed by atoms with Gasteiger partial charge in [-0.25, -0.2) is 4.39 Å². The van der Waals surface area contributed by atoms with Crippen molar-refractivity contribution in [1.82, 2.24) is 5.43 Å². The van der Waals surface area contributed by atoms with Gasteiger partial charge in [-0.05, 0) is 31.0 Å². The summed E-state index contributed by atoms with van der Waals surface area (Å²) in [5.41, 5.74) is 3.18. The van der Waals surface area contributed by atoms with Crippen LogP contribution in [0.3, 0.4) is 0 Å². The number of hydrogen-bond donors (Lipinski definition) is 2. The minimum atomic E-state index is -0.316. The van der Waals surface area contributed by atoms with Crippen molar-refractivity contribution >= 4 is 11.6 Å². The van der Waals surface area contributed by atoms with Crippen molar-refractivity contribution in [3.63, 3.8) is 0 Å². The van der Waals surface area contributed by atoms with Gasteiger partial charge in [-0.2, -0.15) is 0 Å². The Balaban J connectivity index is 2.62. The number of nitrogens with two attached hydrogens (primary N) is 1. The van der Waals surface area contributed by atoms with Gasteiger partial charge in [-0.1, -0.05) is 17.7 Å². The topological polar surface area (TPSA) is 47.3 Å². The second-order valence-corrected chi connectivity index (χ2v) is 3.90. The van der Waals surface area contributed by atoms with Crippen LogP contribution in [0.2, 0.25) is 5.02 Å². The molecule has 0 bridgehead atoms. The molecular formula is C11H16ClFN2O. The normalized spacial score (nSPS) is 12.8. The summed E-state index contributed by atoms with van der Waals surface area (Å²) in [5.74, 6) is 5.05. The highest BCUT2D eigenvalue weighted by molar-refractivity contribution is 6.30. The molecule has 0 amide bonds. The van der Waals surface area contributed by atoms with Gasteiger partial charge >= 0.3 is 0 Å². The van der Waals surface area contributed by atoms with Gasteiger partial charge in [0.05, 0.1) is 6.61 Å². The van der Waals surface area contributed by atoms with Crippen LogP contribution in [0.25, 0.3) is 0 Å². The molecule has 1 unspecified atom stereocenters. The third-order valence-electron chi connectivity index (χ3n) is 2.24. The monoisotopic (exact) mass is 246 g/mol. The van der Waals surface area contributed by atoms with E-state index in [0.717, 1.165) is 0 Å². The molecule has 0 spiro atoms. The summed E-state index contributed by atoms with van der Waals surface area (Å²) in [6.45, 7) is 2.97. The van der Waals surface area contributed by atoms with Crippen molar-refractivity contribution in [2.75, 3.05) is 13.2 Å². The molecule has 3 nitrogen and oxygen atoms in total. The Morgan fingerprint density at radius 2 is 2.31 bits per heavy atom. The first-order chi connectivity index (χ1) is 7.67. The number of hydrogen-bond acceptors (Lipinski definition) is 3. The summed E-state index contributed by atoms with van der Waals surface area (Å²) < 4.78 is 18.7. The molecule has 1 rings (SSSR count). The van der Waals surface area contributed by atoms with Crippen LogP contribution in [0.4, 0.5) is 4.39 Å². The summed E-state index contributed by atoms with van der Waals surface area (Å²) in [4.78, 5) is 0. The average molecular weight is 247 g/mol. The molecule has 3 N–H and O–H groups in total. The van der Waals surface area contributed by atoms with Crippen molar-refractivity contribution < 1.29 is 9.13 Å². The molecule has 0 aliphatic heterocycles. The van der Waals surface area contributed by atoms with Crippen LogP contribution in [0.5, 0.6) is 0 Å². The highest BCUT2D eigenvalue weighted by atomic mass is 35.5. The Morgan fingerprint density at radius 1 is 1.56 bits per heavy atom. The SMILES string of the molecule is CCOCC(Cc1ccc(Cl)cc1F)NN. The van der Waals surface area contributed by atoms with E-state index in [2.05, 4.69) is 5.43 Å². The average Bonchev–Trinajstić information content (AvgIpc) is 2.27. The lowest BCUT2D eigenvalue weighted by atomic mass is 10.1. The number of ether oxygens (including phenoxy) is 1. The summed E-state index contributed by atoms with van der Waals surface area (Å²) in [7, 11) is 0. The molecule has 0 aromatic heterocycles. The van der Waals surface area contributed by atoms with Crippen molar-refractivity contribution in [3.05, 3.63) is 34.6 Å². The Bertz CT molecular complexity index is 336. The standard InChI is InChI=1S/C11H16ClFN2O/c1-2-16-7-10(15-14)5-8-3-4-9(12)6-11(8)13/h3-4,6,10,15H,2,5,7,14H2,1H3. The van der Waals surface area contributed by atoms with Crippen LogP contribution < -0.4 is 11.3 Å². The lowest BCUT2D eigenvalue weighted by Crippen LogP contribution is -2.40. The fraction of sp³-hybridized carbons (Fsp3) is 0.455. The maximum atomic E-state index is 13.5. The molecule has 0 aliphatic carbocycles. The number of rotatable bonds is 6. The molecule has 1 aromatic rings. The third-order valence-corrected chi connectivity index (χ3v) is 2.48. The predicted molar refractivity (Wildman–Crippen MR) is 62.7 cm³/mol. The van der Waals surface area contributed by atoms with Gasteiger partial charge in [-0.15, -0.1) is 0 Å². The van der Waals surface area contributed by atoms with E-state index in [1.54, 1.807) is 12.1 Å². The molecule has 5 heteroatoms. The molecule has 1 aromatic carbocycles. The van der Waals surface area contributed by atoms with E-state index >= 15 is 0 Å². The minimum Gasteiger partial charge on any atom is -0.380 e. The third kappa shape index (κ3) is 4.06. The highest BCUT2D eigenvalue weighted by Crippen LogP contribution is 2.15. The van der Waals surface area contributed by atoms with E-state index in [-0.39, 0.29) is 11.9 Å². The van der Waals surface area contributed by atoms with Crippen LogP contribution >= 0.6 is 11.6 Å². The van der Waals surface area contributed by atoms with Gasteiger partial charge in [0.15, 0.2) is 0 Å². The molecule has 16 heavy (non-hydrogen) atoms. The lowest BCUT2D eigenvalue weighted by molar-refractivity contribution is 0.122. The van der Waals surface area contributed by atoms with Crippen LogP contribution in [0.15, 0.2) is 18.2 Å². The van der Waals surface area contributed by atoms with Gasteiger partial charge in [0.25, 0.3) is 0 Å². The molecule has 1 atom stereocenters. The number of halogens is 2. The van der Waals surface area contributed by atoms with Crippen molar-refractivity contribution in [2.45, 2.75) is 19.4 Å². The predicted octanol–water partition coefficient (Wildman–Crippen LogP) is 1.89. The molecule has 0 radical (unpaired) electrons. The maximum absolute atomic E-state index is 13.5. The zero-order chi connectivity index (χ0) is 12.0. The van der Waals surface area contributed by atoms with E-state index in [4.69, 9.17) is 22.2 Å². The smallest absolute Gasteiger partial charge is 0.127 e. The van der Waals surface area contributed by atoms with Gasteiger partial charge in [0.2, 0.25) is 0 Å². The number of hydrazine groups is 1. The van der Waals surface area contributed by atoms with Crippen molar-refractivity contribution in [1.29, 1.82) is 0 Å². The number of benzene rings is 1. The first-order valence-electron chi connectivity index (χ1n) is 5.15. The first-order valence-corrected chi connectivity index (χ1v) is 5.53. The fourth-order valence-electron chi connectivity index (χ4n) is 1.38. The van der Waals surface area contributed by atoms with Crippen molar-refractivity contribution in [3.8, 4) is 0 Å². The highest BCUT2D eigenvalue weighted by Gasteiger charge is 2.11. The summed E-state index contributed by atoms with van der Waals surface area (Å²) in [6, 6.07) is 4.52. The van der Waals surface area contributed by atoms with Crippen molar-refractivity contribution in [2.24, 2.45) is 5.84 Å². The maximum Gasteiger partial charge on any atom is 0.127 e. The second-order valence-electron chi connectivity index (χ2n) is 3.46. The van der Waals surface area contributed by atoms with E-state index in [1.807, 2.05) is 6.92 Å². The van der Waals surface area contributed by atoms with E-state index in [1.165, 1.54) is 6.07 Å². The van der Waals surface area contributed by atoms with Crippen LogP contribution in [0.1, 0.15) is 12.5 Å². The largest absolute Gasteiger partial charge is 0.380 e. The van der Waals surface area contributed by atoms with E-state index < -0.39 is 0 Å². The molecule has 0 heterocycles. The van der Waals surface area contributed by atoms with Crippen LogP contribution in [-0.4, -0.2) is 19.3 Å². The Morgan fingerprint density at radius 3 is 2.88 bits per heavy atom. The van der Waals surface area contributed by atoms with Gasteiger partial charge < -0.3 is 4.74 Å². The molecule has 0 aliphatic rings. The minimum absolute atomic E-state index is 0.101. The molecule has 0 fully saturated rings. The lowest BCUT2D eigenvalue weighted by Gasteiger charge is -2.16. The second kappa shape index (κ2) is 6.81. The quantitative estimate of drug-likeness (QED) is 0.595. The Labute approximate surface area is 99.7 Å². The molecule has 90 valence electrons. The summed E-state index contributed by atoms with van der Waals surface area (Å²) in [5, 5.41) is 0.392. The van der Waals surface area contributed by atoms with Crippen LogP contribution in [0, 0.1) is 5.82 Å². The Hall–Kier alpha value is -0.680. The zero-order valence-electron chi connectivity index (χ0n) is 9.17. The van der Waals surface area contributed by atoms with Crippen LogP contribution in [-0.2, 0) is 11.2 Å². The van der Waals surface area contributed by atoms with E-state index in [9.17, 15) is 4.39 Å². The summed E-state index contributed by atoms with van der Waals surface area (Å²) >= 11 is 5.67. The van der Waals surface area contributed by atoms with Gasteiger partial charge in [0.1, 0.15) is 5.82 Å². The Kier molecular flexibility index (Phi) is 5.69. The molecule has 0 saturated carbocycles. The molecule has 0 saturated heterocycles. The van der Waals surface area contributed by atoms with Gasteiger partial charge in [0, 0.05) is 17.7 Å². The first kappa shape index (κ1) is 13.4. The number of nitrogens with one attached hydrogen (secondary N) is 1. The summed E-state index contributed by atoms with van der Waals surface area (Å²) in [6.07, 6.45) is 0.472. The fourth-order valence-corrected chi connectivity index (χ4v) is 1.54. The zero-order valence-corrected chi connectivity index (χ0v) is 9.93. The molecular weight excluding hydrogens is 231 g/mol. The van der Waals surface area contributed by atoms with Gasteiger partial charge in [-0.3, -0.25) is 11.3 Å².